The van der Waals surface area contributed by atoms with Crippen LogP contribution >= 0.6 is 0 Å². The molecule has 8 heavy (non-hydrogen) atoms. The van der Waals surface area contributed by atoms with Gasteiger partial charge in [0.25, 0.3) is 5.78 Å². The summed E-state index contributed by atoms with van der Waals surface area (Å²) in [6.07, 6.45) is 0. The maximum Gasteiger partial charge on any atom is 0.382 e. The van der Waals surface area contributed by atoms with E-state index in [4.69, 9.17) is 4.42 Å². The lowest BCUT2D eigenvalue weighted by atomic mass is 10.5. The first-order valence-electron chi connectivity index (χ1n) is 2.18. The molecule has 3 nitrogen and oxygen atoms in total. The van der Waals surface area contributed by atoms with E-state index in [-0.39, 0.29) is 5.63 Å². The van der Waals surface area contributed by atoms with Gasteiger partial charge < -0.3 is 8.83 Å². The van der Waals surface area contributed by atoms with Gasteiger partial charge in [-0.25, -0.2) is 4.79 Å². The predicted octanol–water partition coefficient (Wildman–Crippen LogP) is 0.824. The first kappa shape index (κ1) is 3.72. The Hall–Kier alpha value is -1.25. The van der Waals surface area contributed by atoms with Gasteiger partial charge in [0.2, 0.25) is 5.58 Å². The molecule has 2 heterocycles. The number of fused-ring (bicyclic) bond motifs is 2. The molecule has 0 atom stereocenters. The van der Waals surface area contributed by atoms with Crippen LogP contribution in [0, 0.1) is 0 Å². The molecule has 0 saturated carbocycles. The second-order valence-corrected chi connectivity index (χ2v) is 1.51. The average Bonchev–Trinajstić information content (AvgIpc) is 2.23. The van der Waals surface area contributed by atoms with Crippen LogP contribution < -0.4 is 5.63 Å². The quantitative estimate of drug-likeness (QED) is 0.504. The van der Waals surface area contributed by atoms with Gasteiger partial charge in [-0.2, -0.15) is 0 Å². The zero-order chi connectivity index (χ0) is 5.56. The Morgan fingerprint density at radius 1 is 1.25 bits per heavy atom. The monoisotopic (exact) mass is 110 g/mol. The largest absolute Gasteiger partial charge is 0.418 e. The number of furan rings is 1. The Morgan fingerprint density at radius 3 is 2.38 bits per heavy atom. The molecule has 0 unspecified atom stereocenters. The first-order chi connectivity index (χ1) is 3.86. The molecule has 2 aromatic rings. The molecule has 0 radical (unpaired) electrons. The standard InChI is InChI=1S/C5H2O3/c6-5-3-1-2-4(7-3)8-5/h1-2H. The second-order valence-electron chi connectivity index (χ2n) is 1.51. The van der Waals surface area contributed by atoms with Gasteiger partial charge in [0, 0.05) is 6.07 Å². The van der Waals surface area contributed by atoms with Crippen molar-refractivity contribution in [1.82, 2.24) is 0 Å². The molecule has 0 aliphatic heterocycles. The van der Waals surface area contributed by atoms with Crippen molar-refractivity contribution in [2.75, 3.05) is 0 Å². The van der Waals surface area contributed by atoms with E-state index in [2.05, 4.69) is 4.42 Å². The molecule has 0 aliphatic carbocycles. The van der Waals surface area contributed by atoms with Gasteiger partial charge in [0.1, 0.15) is 0 Å². The molecule has 0 spiro atoms. The fourth-order valence-corrected chi connectivity index (χ4v) is 0.626. The summed E-state index contributed by atoms with van der Waals surface area (Å²) in [4.78, 5) is 10.4. The predicted molar refractivity (Wildman–Crippen MR) is 25.9 cm³/mol. The molecule has 0 N–H and O–H groups in total. The van der Waals surface area contributed by atoms with E-state index in [1.165, 1.54) is 0 Å². The summed E-state index contributed by atoms with van der Waals surface area (Å²) in [6, 6.07) is 3.19. The topological polar surface area (TPSA) is 43.4 Å². The van der Waals surface area contributed by atoms with Crippen LogP contribution in [-0.4, -0.2) is 0 Å². The van der Waals surface area contributed by atoms with Crippen LogP contribution in [0.3, 0.4) is 0 Å². The van der Waals surface area contributed by atoms with E-state index in [0.717, 1.165) is 0 Å². The molecule has 0 saturated heterocycles. The molecule has 0 aliphatic rings. The lowest BCUT2D eigenvalue weighted by Gasteiger charge is -1.64. The summed E-state index contributed by atoms with van der Waals surface area (Å²) >= 11 is 0. The van der Waals surface area contributed by atoms with E-state index in [9.17, 15) is 4.79 Å². The van der Waals surface area contributed by atoms with Crippen molar-refractivity contribution in [3.8, 4) is 0 Å². The normalized spacial score (nSPS) is 11.0. The SMILES string of the molecule is O=c1oc2ccc1o2. The summed E-state index contributed by atoms with van der Waals surface area (Å²) < 4.78 is 9.23. The van der Waals surface area contributed by atoms with Crippen LogP contribution in [0.2, 0.25) is 0 Å². The maximum absolute atomic E-state index is 10.4. The third kappa shape index (κ3) is 0.269. The maximum atomic E-state index is 10.4. The van der Waals surface area contributed by atoms with Gasteiger partial charge in [0.05, 0.1) is 0 Å². The van der Waals surface area contributed by atoms with Crippen LogP contribution in [0.1, 0.15) is 0 Å². The summed E-state index contributed by atoms with van der Waals surface area (Å²) in [5.41, 5.74) is -0.0949. The molecule has 40 valence electrons. The zero-order valence-corrected chi connectivity index (χ0v) is 3.88. The van der Waals surface area contributed by atoms with Crippen molar-refractivity contribution in [3.05, 3.63) is 22.6 Å². The van der Waals surface area contributed by atoms with Crippen molar-refractivity contribution in [3.63, 3.8) is 0 Å². The Morgan fingerprint density at radius 2 is 2.12 bits per heavy atom. The third-order valence-electron chi connectivity index (χ3n) is 0.976. The smallest absolute Gasteiger partial charge is 0.382 e. The van der Waals surface area contributed by atoms with Gasteiger partial charge in [0.15, 0.2) is 0 Å². The van der Waals surface area contributed by atoms with E-state index in [0.29, 0.717) is 11.4 Å². The highest BCUT2D eigenvalue weighted by Crippen LogP contribution is 2.08. The lowest BCUT2D eigenvalue weighted by molar-refractivity contribution is 0.519. The Kier molecular flexibility index (Phi) is 0.436. The minimum Gasteiger partial charge on any atom is -0.418 e. The minimum absolute atomic E-state index is 0.292. The molecule has 0 aromatic carbocycles. The fourth-order valence-electron chi connectivity index (χ4n) is 0.626. The highest BCUT2D eigenvalue weighted by atomic mass is 16.5. The molecule has 2 aromatic heterocycles. The van der Waals surface area contributed by atoms with E-state index < -0.39 is 0 Å². The first-order valence-corrected chi connectivity index (χ1v) is 2.18. The summed E-state index contributed by atoms with van der Waals surface area (Å²) in [5, 5.41) is 0. The fraction of sp³-hybridized carbons (Fsp3) is 0. The Balaban J connectivity index is 3.24. The summed E-state index contributed by atoms with van der Waals surface area (Å²) in [7, 11) is 0. The minimum atomic E-state index is -0.387. The van der Waals surface area contributed by atoms with Crippen LogP contribution in [-0.2, 0) is 0 Å². The van der Waals surface area contributed by atoms with Crippen molar-refractivity contribution < 1.29 is 8.83 Å². The van der Waals surface area contributed by atoms with Crippen LogP contribution in [0.4, 0.5) is 0 Å². The van der Waals surface area contributed by atoms with Gasteiger partial charge >= 0.3 is 5.63 Å². The molecular weight excluding hydrogens is 108 g/mol. The second kappa shape index (κ2) is 0.940. The van der Waals surface area contributed by atoms with E-state index >= 15 is 0 Å². The summed E-state index contributed by atoms with van der Waals surface area (Å²) in [5.74, 6) is 0.296. The number of rotatable bonds is 0. The van der Waals surface area contributed by atoms with Gasteiger partial charge in [-0.1, -0.05) is 0 Å². The van der Waals surface area contributed by atoms with Crippen molar-refractivity contribution >= 4 is 11.4 Å². The number of hydrogen-bond donors (Lipinski definition) is 0. The van der Waals surface area contributed by atoms with Crippen molar-refractivity contribution in [2.45, 2.75) is 0 Å². The van der Waals surface area contributed by atoms with Crippen molar-refractivity contribution in [1.29, 1.82) is 0 Å². The molecule has 2 rings (SSSR count). The number of hydrogen-bond acceptors (Lipinski definition) is 3. The van der Waals surface area contributed by atoms with Gasteiger partial charge in [-0.15, -0.1) is 0 Å². The summed E-state index contributed by atoms with van der Waals surface area (Å²) in [6.45, 7) is 0. The molecule has 3 heteroatoms. The lowest BCUT2D eigenvalue weighted by Crippen LogP contribution is -1.89. The Labute approximate surface area is 43.9 Å². The Bertz CT molecular complexity index is 329. The van der Waals surface area contributed by atoms with Crippen LogP contribution in [0.25, 0.3) is 11.4 Å². The highest BCUT2D eigenvalue weighted by molar-refractivity contribution is 5.48. The molecule has 2 bridgehead atoms. The van der Waals surface area contributed by atoms with Gasteiger partial charge in [-0.05, 0) is 6.07 Å². The highest BCUT2D eigenvalue weighted by Gasteiger charge is 2.03. The zero-order valence-electron chi connectivity index (χ0n) is 3.88. The van der Waals surface area contributed by atoms with Crippen molar-refractivity contribution in [2.24, 2.45) is 0 Å². The van der Waals surface area contributed by atoms with E-state index in [1.54, 1.807) is 12.1 Å². The van der Waals surface area contributed by atoms with Crippen LogP contribution in [0.15, 0.2) is 25.8 Å². The van der Waals surface area contributed by atoms with Gasteiger partial charge in [-0.3, -0.25) is 0 Å². The third-order valence-corrected chi connectivity index (χ3v) is 0.976. The van der Waals surface area contributed by atoms with E-state index in [1.807, 2.05) is 0 Å². The van der Waals surface area contributed by atoms with Crippen LogP contribution in [0.5, 0.6) is 0 Å². The molecule has 0 amide bonds. The molecule has 0 fully saturated rings. The molecular formula is C5H2O3. The average molecular weight is 110 g/mol.